The van der Waals surface area contributed by atoms with Crippen LogP contribution in [0.3, 0.4) is 0 Å². The molecule has 0 saturated carbocycles. The number of fused-ring (bicyclic) bond motifs is 1. The summed E-state index contributed by atoms with van der Waals surface area (Å²) in [5.41, 5.74) is 2.22. The van der Waals surface area contributed by atoms with Crippen molar-refractivity contribution in [3.8, 4) is 0 Å². The van der Waals surface area contributed by atoms with Gasteiger partial charge in [0.15, 0.2) is 5.78 Å². The molecule has 0 amide bonds. The van der Waals surface area contributed by atoms with Crippen molar-refractivity contribution in [2.45, 2.75) is 25.7 Å². The van der Waals surface area contributed by atoms with Crippen molar-refractivity contribution in [2.24, 2.45) is 5.92 Å². The number of carbonyl (C=O) groups excluding carboxylic acids is 1. The summed E-state index contributed by atoms with van der Waals surface area (Å²) in [6.07, 6.45) is 4.91. The summed E-state index contributed by atoms with van der Waals surface area (Å²) in [7, 11) is 0. The van der Waals surface area contributed by atoms with Crippen molar-refractivity contribution in [3.63, 3.8) is 0 Å². The van der Waals surface area contributed by atoms with Gasteiger partial charge in [-0.05, 0) is 37.9 Å². The van der Waals surface area contributed by atoms with E-state index in [0.717, 1.165) is 18.5 Å². The van der Waals surface area contributed by atoms with Gasteiger partial charge in [0.2, 0.25) is 0 Å². The van der Waals surface area contributed by atoms with Gasteiger partial charge in [-0.3, -0.25) is 4.79 Å². The maximum absolute atomic E-state index is 12.2. The summed E-state index contributed by atoms with van der Waals surface area (Å²) in [6, 6.07) is 8.09. The number of likely N-dealkylation sites (tertiary alicyclic amines) is 1. The largest absolute Gasteiger partial charge is 0.303 e. The first-order valence-electron chi connectivity index (χ1n) is 6.69. The van der Waals surface area contributed by atoms with Crippen LogP contribution in [0.1, 0.15) is 35.2 Å². The van der Waals surface area contributed by atoms with E-state index in [2.05, 4.69) is 11.0 Å². The van der Waals surface area contributed by atoms with Crippen molar-refractivity contribution in [1.82, 2.24) is 4.90 Å². The van der Waals surface area contributed by atoms with Crippen LogP contribution in [-0.2, 0) is 6.42 Å². The monoisotopic (exact) mass is 265 g/mol. The van der Waals surface area contributed by atoms with Gasteiger partial charge in [-0.15, -0.1) is 12.4 Å². The number of piperidine rings is 1. The number of ketones is 1. The Morgan fingerprint density at radius 2 is 1.83 bits per heavy atom. The zero-order chi connectivity index (χ0) is 11.7. The number of rotatable bonds is 2. The molecule has 0 bridgehead atoms. The third-order valence-electron chi connectivity index (χ3n) is 4.05. The van der Waals surface area contributed by atoms with Crippen LogP contribution < -0.4 is 0 Å². The molecule has 0 spiro atoms. The van der Waals surface area contributed by atoms with Gasteiger partial charge in [-0.25, -0.2) is 0 Å². The van der Waals surface area contributed by atoms with E-state index in [1.54, 1.807) is 0 Å². The summed E-state index contributed by atoms with van der Waals surface area (Å²) in [5.74, 6) is 0.580. The van der Waals surface area contributed by atoms with E-state index < -0.39 is 0 Å². The minimum Gasteiger partial charge on any atom is -0.303 e. The normalized spacial score (nSPS) is 23.6. The number of carbonyl (C=O) groups is 1. The summed E-state index contributed by atoms with van der Waals surface area (Å²) < 4.78 is 0. The lowest BCUT2D eigenvalue weighted by Gasteiger charge is -2.28. The lowest BCUT2D eigenvalue weighted by atomic mass is 10.0. The second-order valence-electron chi connectivity index (χ2n) is 5.28. The molecule has 1 heterocycles. The van der Waals surface area contributed by atoms with E-state index in [9.17, 15) is 4.79 Å². The van der Waals surface area contributed by atoms with Crippen LogP contribution in [0.5, 0.6) is 0 Å². The molecule has 3 rings (SSSR count). The zero-order valence-electron chi connectivity index (χ0n) is 10.6. The van der Waals surface area contributed by atoms with Crippen molar-refractivity contribution in [1.29, 1.82) is 0 Å². The summed E-state index contributed by atoms with van der Waals surface area (Å²) in [5, 5.41) is 0. The van der Waals surface area contributed by atoms with Gasteiger partial charge < -0.3 is 4.90 Å². The molecule has 1 aromatic carbocycles. The van der Waals surface area contributed by atoms with Crippen LogP contribution in [0.4, 0.5) is 0 Å². The molecule has 3 heteroatoms. The molecule has 2 aliphatic rings. The second kappa shape index (κ2) is 5.85. The molecule has 1 fully saturated rings. The predicted molar refractivity (Wildman–Crippen MR) is 75.5 cm³/mol. The van der Waals surface area contributed by atoms with Crippen LogP contribution in [0.2, 0.25) is 0 Å². The molecule has 0 aromatic heterocycles. The van der Waals surface area contributed by atoms with E-state index in [-0.39, 0.29) is 18.3 Å². The molecule has 1 aliphatic carbocycles. The first-order valence-corrected chi connectivity index (χ1v) is 6.69. The van der Waals surface area contributed by atoms with Gasteiger partial charge in [-0.1, -0.05) is 30.7 Å². The second-order valence-corrected chi connectivity index (χ2v) is 5.28. The first-order chi connectivity index (χ1) is 8.34. The Labute approximate surface area is 115 Å². The van der Waals surface area contributed by atoms with Crippen LogP contribution in [0.15, 0.2) is 24.3 Å². The highest BCUT2D eigenvalue weighted by Crippen LogP contribution is 2.27. The lowest BCUT2D eigenvalue weighted by Crippen LogP contribution is -2.35. The van der Waals surface area contributed by atoms with Gasteiger partial charge in [0, 0.05) is 18.0 Å². The molecule has 1 atom stereocenters. The molecule has 18 heavy (non-hydrogen) atoms. The number of nitrogens with zero attached hydrogens (tertiary/aromatic N) is 1. The fourth-order valence-electron chi connectivity index (χ4n) is 3.12. The maximum Gasteiger partial charge on any atom is 0.167 e. The Kier molecular flexibility index (Phi) is 4.41. The highest BCUT2D eigenvalue weighted by Gasteiger charge is 2.31. The smallest absolute Gasteiger partial charge is 0.167 e. The molecule has 1 aromatic rings. The first kappa shape index (κ1) is 13.6. The summed E-state index contributed by atoms with van der Waals surface area (Å²) in [6.45, 7) is 3.33. The molecule has 0 N–H and O–H groups in total. The van der Waals surface area contributed by atoms with Crippen LogP contribution in [0, 0.1) is 5.92 Å². The molecule has 1 unspecified atom stereocenters. The average Bonchev–Trinajstić information content (AvgIpc) is 2.68. The van der Waals surface area contributed by atoms with E-state index >= 15 is 0 Å². The molecule has 98 valence electrons. The minimum absolute atomic E-state index is 0. The average molecular weight is 266 g/mol. The zero-order valence-corrected chi connectivity index (χ0v) is 11.4. The van der Waals surface area contributed by atoms with E-state index in [0.29, 0.717) is 5.78 Å². The number of benzene rings is 1. The quantitative estimate of drug-likeness (QED) is 0.820. The van der Waals surface area contributed by atoms with Gasteiger partial charge >= 0.3 is 0 Å². The fraction of sp³-hybridized carbons (Fsp3) is 0.533. The Bertz CT molecular complexity index is 426. The van der Waals surface area contributed by atoms with Gasteiger partial charge in [0.05, 0.1) is 0 Å². The van der Waals surface area contributed by atoms with Crippen LogP contribution >= 0.6 is 12.4 Å². The van der Waals surface area contributed by atoms with Gasteiger partial charge in [-0.2, -0.15) is 0 Å². The molecular formula is C15H20ClNO. The third-order valence-corrected chi connectivity index (χ3v) is 4.05. The number of hydrogen-bond acceptors (Lipinski definition) is 2. The number of halogens is 1. The molecule has 0 radical (unpaired) electrons. The van der Waals surface area contributed by atoms with Crippen LogP contribution in [-0.4, -0.2) is 30.3 Å². The van der Waals surface area contributed by atoms with Crippen molar-refractivity contribution < 1.29 is 4.79 Å². The topological polar surface area (TPSA) is 20.3 Å². The minimum atomic E-state index is 0. The van der Waals surface area contributed by atoms with Crippen molar-refractivity contribution in [3.05, 3.63) is 35.4 Å². The van der Waals surface area contributed by atoms with E-state index in [1.807, 2.05) is 18.2 Å². The Balaban J connectivity index is 0.00000120. The van der Waals surface area contributed by atoms with Crippen LogP contribution in [0.25, 0.3) is 0 Å². The third kappa shape index (κ3) is 2.60. The van der Waals surface area contributed by atoms with E-state index in [4.69, 9.17) is 0 Å². The Morgan fingerprint density at radius 1 is 1.11 bits per heavy atom. The fourth-order valence-corrected chi connectivity index (χ4v) is 3.12. The summed E-state index contributed by atoms with van der Waals surface area (Å²) >= 11 is 0. The Hall–Kier alpha value is -0.860. The highest BCUT2D eigenvalue weighted by atomic mass is 35.5. The Morgan fingerprint density at radius 3 is 2.56 bits per heavy atom. The maximum atomic E-state index is 12.2. The highest BCUT2D eigenvalue weighted by molar-refractivity contribution is 6.02. The molecule has 2 nitrogen and oxygen atoms in total. The molecule has 1 aliphatic heterocycles. The van der Waals surface area contributed by atoms with Gasteiger partial charge in [0.1, 0.15) is 0 Å². The predicted octanol–water partition coefficient (Wildman–Crippen LogP) is 2.95. The van der Waals surface area contributed by atoms with E-state index in [1.165, 1.54) is 37.9 Å². The molecular weight excluding hydrogens is 246 g/mol. The standard InChI is InChI=1S/C15H19NO.ClH/c17-15-13(11-16-8-4-1-5-9-16)10-12-6-2-3-7-14(12)15;/h2-3,6-7,13H,1,4-5,8-11H2;1H. The lowest BCUT2D eigenvalue weighted by molar-refractivity contribution is 0.0889. The van der Waals surface area contributed by atoms with Crippen molar-refractivity contribution in [2.75, 3.05) is 19.6 Å². The SMILES string of the molecule is Cl.O=C1c2ccccc2CC1CN1CCCCC1. The summed E-state index contributed by atoms with van der Waals surface area (Å²) in [4.78, 5) is 14.7. The van der Waals surface area contributed by atoms with Gasteiger partial charge in [0.25, 0.3) is 0 Å². The number of Topliss-reactive ketones (excluding diaryl/α,β-unsaturated/α-hetero) is 1. The van der Waals surface area contributed by atoms with Crippen molar-refractivity contribution >= 4 is 18.2 Å². The molecule has 1 saturated heterocycles. The number of hydrogen-bond donors (Lipinski definition) is 0.